The van der Waals surface area contributed by atoms with E-state index in [0.717, 1.165) is 11.8 Å². The third-order valence-corrected chi connectivity index (χ3v) is 2.59. The van der Waals surface area contributed by atoms with Gasteiger partial charge in [0.15, 0.2) is 5.78 Å². The normalized spacial score (nSPS) is 10.2. The van der Waals surface area contributed by atoms with Gasteiger partial charge in [-0.1, -0.05) is 0 Å². The molecule has 1 aromatic heterocycles. The molecule has 100 valence electrons. The Morgan fingerprint density at radius 3 is 2.50 bits per heavy atom. The molecule has 18 heavy (non-hydrogen) atoms. The summed E-state index contributed by atoms with van der Waals surface area (Å²) in [5.74, 6) is -0.116. The number of aromatic nitrogens is 2. The first-order valence-corrected chi connectivity index (χ1v) is 5.71. The molecule has 1 aromatic rings. The van der Waals surface area contributed by atoms with Gasteiger partial charge in [0.2, 0.25) is 0 Å². The lowest BCUT2D eigenvalue weighted by atomic mass is 10.2. The predicted octanol–water partition coefficient (Wildman–Crippen LogP) is 0.710. The Morgan fingerprint density at radius 1 is 1.44 bits per heavy atom. The molecule has 0 saturated heterocycles. The molecule has 0 spiro atoms. The van der Waals surface area contributed by atoms with Crippen LogP contribution in [0.1, 0.15) is 23.1 Å². The van der Waals surface area contributed by atoms with Crippen LogP contribution >= 0.6 is 11.6 Å². The molecular weight excluding hydrogens is 262 g/mol. The van der Waals surface area contributed by atoms with E-state index in [4.69, 9.17) is 11.6 Å². The van der Waals surface area contributed by atoms with Crippen LogP contribution in [0.5, 0.6) is 0 Å². The molecule has 0 unspecified atom stereocenters. The van der Waals surface area contributed by atoms with Crippen molar-refractivity contribution in [3.8, 4) is 0 Å². The zero-order chi connectivity index (χ0) is 13.9. The number of rotatable bonds is 4. The summed E-state index contributed by atoms with van der Waals surface area (Å²) in [5.41, 5.74) is 2.21. The summed E-state index contributed by atoms with van der Waals surface area (Å²) < 4.78 is 6.59. The number of carbonyl (C=O) groups excluding carboxylic acids is 2. The highest BCUT2D eigenvalue weighted by Gasteiger charge is 2.21. The number of ether oxygens (including phenoxy) is 1. The first-order chi connectivity index (χ1) is 8.43. The van der Waals surface area contributed by atoms with Crippen molar-refractivity contribution >= 4 is 23.5 Å². The molecule has 0 saturated carbocycles. The predicted molar refractivity (Wildman–Crippen MR) is 65.9 cm³/mol. The van der Waals surface area contributed by atoms with E-state index in [1.807, 2.05) is 0 Å². The van der Waals surface area contributed by atoms with E-state index in [1.54, 1.807) is 6.92 Å². The Balaban J connectivity index is 3.38. The van der Waals surface area contributed by atoms with Crippen LogP contribution in [-0.2, 0) is 11.3 Å². The van der Waals surface area contributed by atoms with Gasteiger partial charge in [-0.3, -0.25) is 9.36 Å². The van der Waals surface area contributed by atoms with Crippen LogP contribution in [0.4, 0.5) is 4.79 Å². The number of alkyl halides is 1. The molecule has 1 N–H and O–H groups in total. The molecule has 0 aromatic carbocycles. The van der Waals surface area contributed by atoms with Crippen molar-refractivity contribution in [1.82, 2.24) is 9.24 Å². The van der Waals surface area contributed by atoms with Crippen LogP contribution in [0, 0.1) is 6.92 Å². The molecule has 0 aliphatic heterocycles. The lowest BCUT2D eigenvalue weighted by Gasteiger charge is -2.05. The molecule has 1 heterocycles. The average molecular weight is 276 g/mol. The Hall–Kier alpha value is -1.76. The Bertz CT molecular complexity index is 532. The van der Waals surface area contributed by atoms with E-state index in [9.17, 15) is 14.4 Å². The second-order valence-electron chi connectivity index (χ2n) is 3.55. The zero-order valence-electron chi connectivity index (χ0n) is 10.3. The highest BCUT2D eigenvalue weighted by molar-refractivity contribution is 6.17. The number of hydrogen-bond acceptors (Lipinski definition) is 4. The maximum atomic E-state index is 12.0. The van der Waals surface area contributed by atoms with Crippen molar-refractivity contribution < 1.29 is 14.3 Å². The standard InChI is InChI=1S/C10H14ClN3O4/c1-6-8(7(2)15)14(12-9(16)18-3)10(17)13(6)5-4-11/h4-5H2,1-3H3,(H,12,16). The monoisotopic (exact) mass is 275 g/mol. The van der Waals surface area contributed by atoms with Crippen molar-refractivity contribution in [2.24, 2.45) is 0 Å². The Morgan fingerprint density at radius 2 is 2.06 bits per heavy atom. The lowest BCUT2D eigenvalue weighted by molar-refractivity contribution is 0.100. The van der Waals surface area contributed by atoms with Crippen molar-refractivity contribution in [2.45, 2.75) is 20.4 Å². The number of Topliss-reactive ketones (excluding diaryl/α,β-unsaturated/α-hetero) is 1. The smallest absolute Gasteiger partial charge is 0.426 e. The number of carbonyl (C=O) groups is 2. The molecule has 1 rings (SSSR count). The summed E-state index contributed by atoms with van der Waals surface area (Å²) in [6.07, 6.45) is -0.831. The highest BCUT2D eigenvalue weighted by Crippen LogP contribution is 2.07. The van der Waals surface area contributed by atoms with Gasteiger partial charge in [0.1, 0.15) is 5.69 Å². The maximum absolute atomic E-state index is 12.0. The number of nitrogens with one attached hydrogen (secondary N) is 1. The summed E-state index contributed by atoms with van der Waals surface area (Å²) in [7, 11) is 1.16. The molecule has 0 aliphatic carbocycles. The fraction of sp³-hybridized carbons (Fsp3) is 0.500. The van der Waals surface area contributed by atoms with Crippen LogP contribution in [0.2, 0.25) is 0 Å². The quantitative estimate of drug-likeness (QED) is 0.648. The molecule has 0 bridgehead atoms. The number of nitrogens with zero attached hydrogens (tertiary/aromatic N) is 2. The second kappa shape index (κ2) is 5.72. The zero-order valence-corrected chi connectivity index (χ0v) is 11.1. The maximum Gasteiger partial charge on any atom is 0.426 e. The Labute approximate surface area is 108 Å². The van der Waals surface area contributed by atoms with Crippen LogP contribution < -0.4 is 11.1 Å². The molecule has 7 nitrogen and oxygen atoms in total. The van der Waals surface area contributed by atoms with Crippen molar-refractivity contribution in [3.05, 3.63) is 21.9 Å². The van der Waals surface area contributed by atoms with Gasteiger partial charge in [0.25, 0.3) is 0 Å². The number of hydrogen-bond donors (Lipinski definition) is 1. The van der Waals surface area contributed by atoms with Crippen LogP contribution in [0.15, 0.2) is 4.79 Å². The van der Waals surface area contributed by atoms with Crippen molar-refractivity contribution in [3.63, 3.8) is 0 Å². The molecule has 1 amide bonds. The van der Waals surface area contributed by atoms with Gasteiger partial charge < -0.3 is 4.74 Å². The van der Waals surface area contributed by atoms with Gasteiger partial charge in [-0.15, -0.1) is 11.6 Å². The van der Waals surface area contributed by atoms with Crippen LogP contribution in [0.25, 0.3) is 0 Å². The number of methoxy groups -OCH3 is 1. The fourth-order valence-corrected chi connectivity index (χ4v) is 1.82. The topological polar surface area (TPSA) is 82.3 Å². The number of imidazole rings is 1. The SMILES string of the molecule is COC(=O)Nn1c(C(C)=O)c(C)n(CCCl)c1=O. The van der Waals surface area contributed by atoms with E-state index in [0.29, 0.717) is 5.69 Å². The summed E-state index contributed by atoms with van der Waals surface area (Å²) in [4.78, 5) is 34.7. The number of halogens is 1. The summed E-state index contributed by atoms with van der Waals surface area (Å²) >= 11 is 5.59. The van der Waals surface area contributed by atoms with Crippen LogP contribution in [0.3, 0.4) is 0 Å². The van der Waals surface area contributed by atoms with Crippen molar-refractivity contribution in [1.29, 1.82) is 0 Å². The summed E-state index contributed by atoms with van der Waals surface area (Å²) in [5, 5.41) is 0. The van der Waals surface area contributed by atoms with Gasteiger partial charge in [-0.25, -0.2) is 15.0 Å². The first kappa shape index (κ1) is 14.3. The molecule has 0 atom stereocenters. The third-order valence-electron chi connectivity index (χ3n) is 2.42. The lowest BCUT2D eigenvalue weighted by Crippen LogP contribution is -2.36. The summed E-state index contributed by atoms with van der Waals surface area (Å²) in [6.45, 7) is 3.17. The average Bonchev–Trinajstić information content (AvgIpc) is 2.54. The molecule has 0 aliphatic rings. The van der Waals surface area contributed by atoms with Gasteiger partial charge in [0, 0.05) is 25.0 Å². The largest absolute Gasteiger partial charge is 0.452 e. The highest BCUT2D eigenvalue weighted by atomic mass is 35.5. The van der Waals surface area contributed by atoms with Crippen molar-refractivity contribution in [2.75, 3.05) is 18.4 Å². The fourth-order valence-electron chi connectivity index (χ4n) is 1.65. The minimum atomic E-state index is -0.831. The molecule has 0 fully saturated rings. The van der Waals surface area contributed by atoms with E-state index in [1.165, 1.54) is 11.5 Å². The van der Waals surface area contributed by atoms with Gasteiger partial charge >= 0.3 is 11.8 Å². The number of ketones is 1. The van der Waals surface area contributed by atoms with Gasteiger partial charge in [-0.2, -0.15) is 4.68 Å². The molecular formula is C10H14ClN3O4. The molecule has 8 heteroatoms. The third kappa shape index (κ3) is 2.56. The molecule has 0 radical (unpaired) electrons. The number of amides is 1. The van der Waals surface area contributed by atoms with Crippen LogP contribution in [-0.4, -0.2) is 34.1 Å². The van der Waals surface area contributed by atoms with E-state index < -0.39 is 11.8 Å². The van der Waals surface area contributed by atoms with Gasteiger partial charge in [0.05, 0.1) is 7.11 Å². The minimum absolute atomic E-state index is 0.107. The van der Waals surface area contributed by atoms with Gasteiger partial charge in [-0.05, 0) is 6.92 Å². The van der Waals surface area contributed by atoms with E-state index >= 15 is 0 Å². The first-order valence-electron chi connectivity index (χ1n) is 5.18. The second-order valence-corrected chi connectivity index (χ2v) is 3.93. The Kier molecular flexibility index (Phi) is 4.55. The summed E-state index contributed by atoms with van der Waals surface area (Å²) in [6, 6.07) is 0. The minimum Gasteiger partial charge on any atom is -0.452 e. The van der Waals surface area contributed by atoms with E-state index in [2.05, 4.69) is 10.2 Å². The van der Waals surface area contributed by atoms with E-state index in [-0.39, 0.29) is 23.9 Å².